The van der Waals surface area contributed by atoms with Gasteiger partial charge in [-0.05, 0) is 55.3 Å². The Hall–Kier alpha value is -3.49. The van der Waals surface area contributed by atoms with Gasteiger partial charge in [-0.2, -0.15) is 0 Å². The molecule has 1 atom stereocenters. The number of aryl methyl sites for hydroxylation is 1. The van der Waals surface area contributed by atoms with E-state index in [-0.39, 0.29) is 11.5 Å². The monoisotopic (exact) mass is 486 g/mol. The molecule has 0 saturated heterocycles. The van der Waals surface area contributed by atoms with E-state index in [2.05, 4.69) is 16.4 Å². The van der Waals surface area contributed by atoms with E-state index in [1.54, 1.807) is 10.6 Å². The number of aromatic nitrogens is 3. The van der Waals surface area contributed by atoms with Crippen LogP contribution in [0.2, 0.25) is 0 Å². The SMILES string of the molecule is CCC(Sc1nc2ccccc2c(=O)n1-c1ccccc1)C(=O)Nc1nc2ccc(C)cc2s1. The molecular formula is C26H22N4O2S2. The van der Waals surface area contributed by atoms with Crippen LogP contribution >= 0.6 is 23.1 Å². The van der Waals surface area contributed by atoms with Crippen LogP contribution in [0, 0.1) is 6.92 Å². The van der Waals surface area contributed by atoms with E-state index in [9.17, 15) is 9.59 Å². The Balaban J connectivity index is 1.50. The molecule has 0 bridgehead atoms. The quantitative estimate of drug-likeness (QED) is 0.242. The highest BCUT2D eigenvalue weighted by atomic mass is 32.2. The van der Waals surface area contributed by atoms with Crippen molar-refractivity contribution in [3.63, 3.8) is 0 Å². The minimum atomic E-state index is -0.447. The number of para-hydroxylation sites is 2. The number of anilines is 1. The van der Waals surface area contributed by atoms with Crippen molar-refractivity contribution in [1.29, 1.82) is 0 Å². The Kier molecular flexibility index (Phi) is 6.17. The number of carbonyl (C=O) groups is 1. The third kappa shape index (κ3) is 4.34. The Morgan fingerprint density at radius 1 is 1.03 bits per heavy atom. The molecule has 1 amide bonds. The molecule has 0 aliphatic carbocycles. The second kappa shape index (κ2) is 9.40. The molecule has 34 heavy (non-hydrogen) atoms. The van der Waals surface area contributed by atoms with E-state index < -0.39 is 5.25 Å². The van der Waals surface area contributed by atoms with Gasteiger partial charge in [0, 0.05) is 0 Å². The molecule has 170 valence electrons. The van der Waals surface area contributed by atoms with Gasteiger partial charge in [0.05, 0.1) is 32.1 Å². The number of thiazole rings is 1. The summed E-state index contributed by atoms with van der Waals surface area (Å²) in [7, 11) is 0. The van der Waals surface area contributed by atoms with Crippen molar-refractivity contribution in [1.82, 2.24) is 14.5 Å². The van der Waals surface area contributed by atoms with E-state index in [1.165, 1.54) is 23.1 Å². The van der Waals surface area contributed by atoms with Gasteiger partial charge in [0.2, 0.25) is 5.91 Å². The van der Waals surface area contributed by atoms with Crippen molar-refractivity contribution in [3.05, 3.63) is 88.7 Å². The minimum absolute atomic E-state index is 0.156. The van der Waals surface area contributed by atoms with Crippen LogP contribution in [0.3, 0.4) is 0 Å². The molecule has 0 saturated carbocycles. The molecule has 3 aromatic carbocycles. The van der Waals surface area contributed by atoms with Crippen LogP contribution in [0.25, 0.3) is 26.8 Å². The smallest absolute Gasteiger partial charge is 0.266 e. The first-order chi connectivity index (χ1) is 16.5. The highest BCUT2D eigenvalue weighted by Gasteiger charge is 2.23. The van der Waals surface area contributed by atoms with Gasteiger partial charge < -0.3 is 5.32 Å². The topological polar surface area (TPSA) is 76.9 Å². The van der Waals surface area contributed by atoms with Crippen molar-refractivity contribution in [2.45, 2.75) is 30.7 Å². The van der Waals surface area contributed by atoms with Gasteiger partial charge in [0.25, 0.3) is 5.56 Å². The summed E-state index contributed by atoms with van der Waals surface area (Å²) >= 11 is 2.75. The first kappa shape index (κ1) is 22.3. The summed E-state index contributed by atoms with van der Waals surface area (Å²) in [6.07, 6.45) is 0.567. The van der Waals surface area contributed by atoms with Crippen molar-refractivity contribution in [3.8, 4) is 5.69 Å². The van der Waals surface area contributed by atoms with Crippen LogP contribution in [0.15, 0.2) is 82.7 Å². The maximum Gasteiger partial charge on any atom is 0.266 e. The second-order valence-electron chi connectivity index (χ2n) is 7.88. The average molecular weight is 487 g/mol. The molecular weight excluding hydrogens is 464 g/mol. The van der Waals surface area contributed by atoms with Crippen LogP contribution in [0.4, 0.5) is 5.13 Å². The Bertz CT molecular complexity index is 1560. The van der Waals surface area contributed by atoms with Crippen molar-refractivity contribution >= 4 is 55.3 Å². The van der Waals surface area contributed by atoms with Crippen molar-refractivity contribution < 1.29 is 4.79 Å². The van der Waals surface area contributed by atoms with Gasteiger partial charge in [-0.15, -0.1) is 0 Å². The predicted octanol–water partition coefficient (Wildman–Crippen LogP) is 5.81. The van der Waals surface area contributed by atoms with Gasteiger partial charge in [0.1, 0.15) is 0 Å². The summed E-state index contributed by atoms with van der Waals surface area (Å²) in [6.45, 7) is 3.98. The highest BCUT2D eigenvalue weighted by Crippen LogP contribution is 2.30. The van der Waals surface area contributed by atoms with E-state index in [1.807, 2.05) is 74.5 Å². The number of hydrogen-bond acceptors (Lipinski definition) is 6. The van der Waals surface area contributed by atoms with Crippen molar-refractivity contribution in [2.24, 2.45) is 0 Å². The molecule has 0 aliphatic heterocycles. The van der Waals surface area contributed by atoms with Crippen LogP contribution in [-0.4, -0.2) is 25.7 Å². The molecule has 0 fully saturated rings. The molecule has 1 unspecified atom stereocenters. The van der Waals surface area contributed by atoms with Crippen LogP contribution in [-0.2, 0) is 4.79 Å². The Morgan fingerprint density at radius 2 is 1.79 bits per heavy atom. The maximum absolute atomic E-state index is 13.4. The zero-order chi connectivity index (χ0) is 23.7. The summed E-state index contributed by atoms with van der Waals surface area (Å²) in [5, 5.41) is 4.11. The number of amides is 1. The fourth-order valence-corrected chi connectivity index (χ4v) is 5.72. The average Bonchev–Trinajstić information content (AvgIpc) is 3.24. The molecule has 8 heteroatoms. The third-order valence-electron chi connectivity index (χ3n) is 5.44. The van der Waals surface area contributed by atoms with Gasteiger partial charge >= 0.3 is 0 Å². The Morgan fingerprint density at radius 3 is 2.59 bits per heavy atom. The number of nitrogens with one attached hydrogen (secondary N) is 1. The van der Waals surface area contributed by atoms with Gasteiger partial charge in [-0.1, -0.05) is 66.4 Å². The minimum Gasteiger partial charge on any atom is -0.301 e. The van der Waals surface area contributed by atoms with Gasteiger partial charge in [-0.25, -0.2) is 9.97 Å². The highest BCUT2D eigenvalue weighted by molar-refractivity contribution is 8.00. The van der Waals surface area contributed by atoms with Gasteiger partial charge in [0.15, 0.2) is 10.3 Å². The number of hydrogen-bond donors (Lipinski definition) is 1. The first-order valence-electron chi connectivity index (χ1n) is 11.0. The Labute approximate surface area is 204 Å². The summed E-state index contributed by atoms with van der Waals surface area (Å²) in [6, 6.07) is 22.7. The number of rotatable bonds is 6. The number of fused-ring (bicyclic) bond motifs is 2. The zero-order valence-corrected chi connectivity index (χ0v) is 20.3. The molecule has 0 spiro atoms. The molecule has 2 aromatic heterocycles. The van der Waals surface area contributed by atoms with Crippen LogP contribution in [0.5, 0.6) is 0 Å². The summed E-state index contributed by atoms with van der Waals surface area (Å²) in [5.41, 5.74) is 3.18. The third-order valence-corrected chi connectivity index (χ3v) is 7.69. The molecule has 6 nitrogen and oxygen atoms in total. The van der Waals surface area contributed by atoms with Crippen molar-refractivity contribution in [2.75, 3.05) is 5.32 Å². The fourth-order valence-electron chi connectivity index (χ4n) is 3.72. The zero-order valence-electron chi connectivity index (χ0n) is 18.7. The van der Waals surface area contributed by atoms with E-state index >= 15 is 0 Å². The standard InChI is InChI=1S/C26H22N4O2S2/c1-3-21(23(31)29-25-27-20-14-13-16(2)15-22(20)33-25)34-26-28-19-12-8-7-11-18(19)24(32)30(26)17-9-5-4-6-10-17/h4-15,21H,3H2,1-2H3,(H,27,29,31). The molecule has 2 heterocycles. The van der Waals surface area contributed by atoms with Crippen LogP contribution in [0.1, 0.15) is 18.9 Å². The summed E-state index contributed by atoms with van der Waals surface area (Å²) in [5.74, 6) is -0.162. The molecule has 1 N–H and O–H groups in total. The number of carbonyl (C=O) groups excluding carboxylic acids is 1. The lowest BCUT2D eigenvalue weighted by Gasteiger charge is -2.17. The lowest BCUT2D eigenvalue weighted by atomic mass is 10.2. The van der Waals surface area contributed by atoms with Crippen LogP contribution < -0.4 is 10.9 Å². The summed E-state index contributed by atoms with van der Waals surface area (Å²) in [4.78, 5) is 35.9. The number of nitrogens with zero attached hydrogens (tertiary/aromatic N) is 3. The van der Waals surface area contributed by atoms with E-state index in [0.29, 0.717) is 33.3 Å². The van der Waals surface area contributed by atoms with E-state index in [0.717, 1.165) is 15.8 Å². The first-order valence-corrected chi connectivity index (χ1v) is 12.6. The second-order valence-corrected chi connectivity index (χ2v) is 10.1. The molecule has 5 rings (SSSR count). The molecule has 0 radical (unpaired) electrons. The molecule has 0 aliphatic rings. The number of thioether (sulfide) groups is 1. The molecule has 5 aromatic rings. The van der Waals surface area contributed by atoms with E-state index in [4.69, 9.17) is 4.98 Å². The fraction of sp³-hybridized carbons (Fsp3) is 0.154. The summed E-state index contributed by atoms with van der Waals surface area (Å²) < 4.78 is 2.62. The lowest BCUT2D eigenvalue weighted by Crippen LogP contribution is -2.27. The predicted molar refractivity (Wildman–Crippen MR) is 140 cm³/mol. The largest absolute Gasteiger partial charge is 0.301 e. The normalized spacial score (nSPS) is 12.2. The lowest BCUT2D eigenvalue weighted by molar-refractivity contribution is -0.115. The maximum atomic E-state index is 13.4. The van der Waals surface area contributed by atoms with Gasteiger partial charge in [-0.3, -0.25) is 14.2 Å². The number of benzene rings is 3.